The minimum atomic E-state index is -0.518. The summed E-state index contributed by atoms with van der Waals surface area (Å²) in [6.07, 6.45) is 1.53. The van der Waals surface area contributed by atoms with Crippen LogP contribution in [0, 0.1) is 10.1 Å². The van der Waals surface area contributed by atoms with E-state index in [2.05, 4.69) is 0 Å². The topological polar surface area (TPSA) is 85.7 Å². The zero-order valence-corrected chi connectivity index (χ0v) is 9.41. The van der Waals surface area contributed by atoms with Crippen molar-refractivity contribution >= 4 is 5.69 Å². The Balaban J connectivity index is 2.14. The molecule has 6 heteroatoms. The fourth-order valence-electron chi connectivity index (χ4n) is 1.49. The van der Waals surface area contributed by atoms with Crippen molar-refractivity contribution in [2.75, 3.05) is 0 Å². The molecule has 1 heterocycles. The third kappa shape index (κ3) is 2.67. The van der Waals surface area contributed by atoms with Gasteiger partial charge in [0.1, 0.15) is 18.1 Å². The standard InChI is InChI=1S/C12H11NO5/c14-7-9-6-10(13(15)16)3-4-12(9)18-8-11-2-1-5-17-11/h1-6,14H,7-8H2. The van der Waals surface area contributed by atoms with Crippen molar-refractivity contribution in [1.82, 2.24) is 0 Å². The second kappa shape index (κ2) is 5.33. The number of nitro benzene ring substituents is 1. The Hall–Kier alpha value is -2.34. The van der Waals surface area contributed by atoms with Gasteiger partial charge in [0.15, 0.2) is 0 Å². The highest BCUT2D eigenvalue weighted by molar-refractivity contribution is 5.43. The molecule has 0 saturated carbocycles. The Morgan fingerprint density at radius 2 is 2.22 bits per heavy atom. The first-order chi connectivity index (χ1) is 8.70. The van der Waals surface area contributed by atoms with Crippen LogP contribution in [-0.4, -0.2) is 10.0 Å². The number of benzene rings is 1. The van der Waals surface area contributed by atoms with Crippen LogP contribution in [-0.2, 0) is 13.2 Å². The molecular weight excluding hydrogens is 238 g/mol. The number of non-ortho nitro benzene ring substituents is 1. The van der Waals surface area contributed by atoms with E-state index in [4.69, 9.17) is 14.3 Å². The molecule has 6 nitrogen and oxygen atoms in total. The number of hydrogen-bond acceptors (Lipinski definition) is 5. The van der Waals surface area contributed by atoms with Gasteiger partial charge in [0, 0.05) is 17.7 Å². The molecule has 0 bridgehead atoms. The first-order valence-corrected chi connectivity index (χ1v) is 5.24. The summed E-state index contributed by atoms with van der Waals surface area (Å²) < 4.78 is 10.5. The van der Waals surface area contributed by atoms with Gasteiger partial charge in [-0.15, -0.1) is 0 Å². The predicted octanol–water partition coefficient (Wildman–Crippen LogP) is 2.26. The highest BCUT2D eigenvalue weighted by atomic mass is 16.6. The zero-order chi connectivity index (χ0) is 13.0. The van der Waals surface area contributed by atoms with Crippen molar-refractivity contribution in [2.24, 2.45) is 0 Å². The first-order valence-electron chi connectivity index (χ1n) is 5.24. The molecular formula is C12H11NO5. The minimum Gasteiger partial charge on any atom is -0.485 e. The third-order valence-corrected chi connectivity index (χ3v) is 2.38. The Kier molecular flexibility index (Phi) is 3.59. The van der Waals surface area contributed by atoms with Crippen molar-refractivity contribution in [2.45, 2.75) is 13.2 Å². The Morgan fingerprint density at radius 3 is 2.83 bits per heavy atom. The molecule has 0 aliphatic heterocycles. The van der Waals surface area contributed by atoms with E-state index in [1.165, 1.54) is 24.5 Å². The zero-order valence-electron chi connectivity index (χ0n) is 9.41. The number of ether oxygens (including phenoxy) is 1. The summed E-state index contributed by atoms with van der Waals surface area (Å²) in [6.45, 7) is -0.118. The van der Waals surface area contributed by atoms with E-state index < -0.39 is 4.92 Å². The molecule has 2 rings (SSSR count). The SMILES string of the molecule is O=[N+]([O-])c1ccc(OCc2ccco2)c(CO)c1. The monoisotopic (exact) mass is 249 g/mol. The van der Waals surface area contributed by atoms with Gasteiger partial charge >= 0.3 is 0 Å². The summed E-state index contributed by atoms with van der Waals surface area (Å²) in [5.41, 5.74) is 0.292. The summed E-state index contributed by atoms with van der Waals surface area (Å²) in [7, 11) is 0. The van der Waals surface area contributed by atoms with Crippen molar-refractivity contribution in [3.63, 3.8) is 0 Å². The van der Waals surface area contributed by atoms with Gasteiger partial charge in [-0.1, -0.05) is 0 Å². The molecule has 18 heavy (non-hydrogen) atoms. The largest absolute Gasteiger partial charge is 0.485 e. The molecule has 1 N–H and O–H groups in total. The average Bonchev–Trinajstić information content (AvgIpc) is 2.89. The van der Waals surface area contributed by atoms with Crippen molar-refractivity contribution in [3.05, 3.63) is 58.0 Å². The van der Waals surface area contributed by atoms with Crippen LogP contribution in [0.3, 0.4) is 0 Å². The Labute approximate surface area is 103 Å². The van der Waals surface area contributed by atoms with E-state index in [1.54, 1.807) is 12.1 Å². The molecule has 0 aliphatic carbocycles. The van der Waals surface area contributed by atoms with Crippen LogP contribution >= 0.6 is 0 Å². The number of furan rings is 1. The number of nitro groups is 1. The lowest BCUT2D eigenvalue weighted by Crippen LogP contribution is -1.99. The van der Waals surface area contributed by atoms with E-state index in [0.29, 0.717) is 17.1 Å². The van der Waals surface area contributed by atoms with Crippen LogP contribution in [0.15, 0.2) is 41.0 Å². The van der Waals surface area contributed by atoms with E-state index in [0.717, 1.165) is 0 Å². The lowest BCUT2D eigenvalue weighted by molar-refractivity contribution is -0.385. The number of hydrogen-bond donors (Lipinski definition) is 1. The lowest BCUT2D eigenvalue weighted by Gasteiger charge is -2.08. The van der Waals surface area contributed by atoms with Gasteiger partial charge in [-0.2, -0.15) is 0 Å². The van der Waals surface area contributed by atoms with Gasteiger partial charge in [-0.05, 0) is 18.2 Å². The van der Waals surface area contributed by atoms with Crippen LogP contribution in [0.25, 0.3) is 0 Å². The van der Waals surface area contributed by atoms with E-state index in [9.17, 15) is 10.1 Å². The molecule has 0 unspecified atom stereocenters. The second-order valence-electron chi connectivity index (χ2n) is 3.58. The maximum absolute atomic E-state index is 10.6. The predicted molar refractivity (Wildman–Crippen MR) is 62.1 cm³/mol. The highest BCUT2D eigenvalue weighted by Crippen LogP contribution is 2.25. The number of aliphatic hydroxyl groups excluding tert-OH is 1. The van der Waals surface area contributed by atoms with Crippen LogP contribution in [0.5, 0.6) is 5.75 Å². The van der Waals surface area contributed by atoms with Gasteiger partial charge in [-0.25, -0.2) is 0 Å². The first kappa shape index (κ1) is 12.1. The normalized spacial score (nSPS) is 10.3. The number of rotatable bonds is 5. The van der Waals surface area contributed by atoms with Gasteiger partial charge < -0.3 is 14.3 Å². The lowest BCUT2D eigenvalue weighted by atomic mass is 10.2. The van der Waals surface area contributed by atoms with E-state index in [1.807, 2.05) is 0 Å². The summed E-state index contributed by atoms with van der Waals surface area (Å²) in [6, 6.07) is 7.58. The molecule has 2 aromatic rings. The van der Waals surface area contributed by atoms with Crippen molar-refractivity contribution in [3.8, 4) is 5.75 Å². The van der Waals surface area contributed by atoms with Crippen LogP contribution in [0.4, 0.5) is 5.69 Å². The van der Waals surface area contributed by atoms with Gasteiger partial charge in [0.2, 0.25) is 0 Å². The maximum atomic E-state index is 10.6. The molecule has 0 fully saturated rings. The van der Waals surface area contributed by atoms with Crippen molar-refractivity contribution < 1.29 is 19.2 Å². The second-order valence-corrected chi connectivity index (χ2v) is 3.58. The fraction of sp³-hybridized carbons (Fsp3) is 0.167. The molecule has 0 radical (unpaired) electrons. The summed E-state index contributed by atoms with van der Waals surface area (Å²) in [5.74, 6) is 1.04. The van der Waals surface area contributed by atoms with Gasteiger partial charge in [0.05, 0.1) is 17.8 Å². The average molecular weight is 249 g/mol. The smallest absolute Gasteiger partial charge is 0.270 e. The molecule has 1 aromatic carbocycles. The summed E-state index contributed by atoms with van der Waals surface area (Å²) in [4.78, 5) is 10.1. The molecule has 0 spiro atoms. The van der Waals surface area contributed by atoms with Crippen LogP contribution < -0.4 is 4.74 Å². The minimum absolute atomic E-state index is 0.0793. The molecule has 0 aliphatic rings. The van der Waals surface area contributed by atoms with Gasteiger partial charge in [-0.3, -0.25) is 10.1 Å². The Morgan fingerprint density at radius 1 is 1.39 bits per heavy atom. The molecule has 0 amide bonds. The van der Waals surface area contributed by atoms with Crippen LogP contribution in [0.2, 0.25) is 0 Å². The highest BCUT2D eigenvalue weighted by Gasteiger charge is 2.11. The van der Waals surface area contributed by atoms with Crippen molar-refractivity contribution in [1.29, 1.82) is 0 Å². The Bertz CT molecular complexity index is 535. The quantitative estimate of drug-likeness (QED) is 0.648. The molecule has 0 atom stereocenters. The maximum Gasteiger partial charge on any atom is 0.270 e. The third-order valence-electron chi connectivity index (χ3n) is 2.38. The molecule has 1 aromatic heterocycles. The summed E-state index contributed by atoms with van der Waals surface area (Å²) >= 11 is 0. The number of nitrogens with zero attached hydrogens (tertiary/aromatic N) is 1. The van der Waals surface area contributed by atoms with E-state index >= 15 is 0 Å². The van der Waals surface area contributed by atoms with E-state index in [-0.39, 0.29) is 18.9 Å². The van der Waals surface area contributed by atoms with Crippen LogP contribution in [0.1, 0.15) is 11.3 Å². The fourth-order valence-corrected chi connectivity index (χ4v) is 1.49. The van der Waals surface area contributed by atoms with Gasteiger partial charge in [0.25, 0.3) is 5.69 Å². The number of aliphatic hydroxyl groups is 1. The molecule has 94 valence electrons. The molecule has 0 saturated heterocycles. The summed E-state index contributed by atoms with van der Waals surface area (Å²) in [5, 5.41) is 19.7.